The molecule has 8 aromatic rings. The Labute approximate surface area is 349 Å². The zero-order chi connectivity index (χ0) is 41.4. The van der Waals surface area contributed by atoms with Crippen LogP contribution in [0.25, 0.3) is 34.4 Å². The van der Waals surface area contributed by atoms with Gasteiger partial charge in [0.1, 0.15) is 34.4 Å². The SMILES string of the molecule is COc1nc(-c2nc3n(n2)CCC[C@@]3(C)c2ccccc2)ccc1-n1cnc(C)c1.COc1nc(-c2nc3n(n2)CCC[C@]3(C)c2ccccc2)ccc1-n1cnc(C)c1. The van der Waals surface area contributed by atoms with Crippen molar-refractivity contribution in [3.8, 4) is 46.2 Å². The molecule has 14 nitrogen and oxygen atoms in total. The predicted molar refractivity (Wildman–Crippen MR) is 228 cm³/mol. The van der Waals surface area contributed by atoms with Crippen molar-refractivity contribution in [3.63, 3.8) is 0 Å². The molecule has 2 aliphatic heterocycles. The molecule has 8 heterocycles. The van der Waals surface area contributed by atoms with E-state index >= 15 is 0 Å². The zero-order valence-corrected chi connectivity index (χ0v) is 34.8. The summed E-state index contributed by atoms with van der Waals surface area (Å²) in [5, 5.41) is 9.58. The fourth-order valence-electron chi connectivity index (χ4n) is 8.49. The Hall–Kier alpha value is -6.96. The molecule has 0 unspecified atom stereocenters. The molecule has 0 saturated heterocycles. The summed E-state index contributed by atoms with van der Waals surface area (Å²) in [5.41, 5.74) is 7.14. The van der Waals surface area contributed by atoms with E-state index in [1.54, 1.807) is 26.9 Å². The van der Waals surface area contributed by atoms with E-state index in [-0.39, 0.29) is 10.8 Å². The van der Waals surface area contributed by atoms with Crippen molar-refractivity contribution in [3.05, 3.63) is 144 Å². The summed E-state index contributed by atoms with van der Waals surface area (Å²) in [4.78, 5) is 27.9. The van der Waals surface area contributed by atoms with Gasteiger partial charge < -0.3 is 18.6 Å². The zero-order valence-electron chi connectivity index (χ0n) is 34.8. The maximum Gasteiger partial charge on any atom is 0.238 e. The highest BCUT2D eigenvalue weighted by Gasteiger charge is 2.39. The normalized spacial score (nSPS) is 18.2. The fraction of sp³-hybridized carbons (Fsp3) is 0.304. The average molecular weight is 801 g/mol. The second kappa shape index (κ2) is 15.7. The summed E-state index contributed by atoms with van der Waals surface area (Å²) >= 11 is 0. The van der Waals surface area contributed by atoms with Gasteiger partial charge in [-0.25, -0.2) is 39.3 Å². The van der Waals surface area contributed by atoms with Gasteiger partial charge in [-0.15, -0.1) is 10.2 Å². The summed E-state index contributed by atoms with van der Waals surface area (Å²) in [7, 11) is 3.25. The molecule has 304 valence electrons. The molecule has 2 atom stereocenters. The van der Waals surface area contributed by atoms with E-state index in [4.69, 9.17) is 39.6 Å². The van der Waals surface area contributed by atoms with Crippen molar-refractivity contribution in [1.82, 2.24) is 58.6 Å². The van der Waals surface area contributed by atoms with Crippen LogP contribution in [0.5, 0.6) is 11.8 Å². The Morgan fingerprint density at radius 1 is 0.533 bits per heavy atom. The second-order valence-electron chi connectivity index (χ2n) is 15.9. The van der Waals surface area contributed by atoms with Gasteiger partial charge >= 0.3 is 0 Å². The van der Waals surface area contributed by atoms with Crippen molar-refractivity contribution >= 4 is 0 Å². The topological polar surface area (TPSA) is 141 Å². The van der Waals surface area contributed by atoms with Crippen LogP contribution >= 0.6 is 0 Å². The molecule has 0 N–H and O–H groups in total. The van der Waals surface area contributed by atoms with Gasteiger partial charge in [0.15, 0.2) is 11.6 Å². The summed E-state index contributed by atoms with van der Waals surface area (Å²) in [6, 6.07) is 28.9. The predicted octanol–water partition coefficient (Wildman–Crippen LogP) is 7.89. The third-order valence-corrected chi connectivity index (χ3v) is 11.8. The number of nitrogens with zero attached hydrogens (tertiary/aromatic N) is 12. The maximum absolute atomic E-state index is 5.56. The van der Waals surface area contributed by atoms with Crippen molar-refractivity contribution in [2.45, 2.75) is 77.3 Å². The van der Waals surface area contributed by atoms with Crippen molar-refractivity contribution in [2.75, 3.05) is 14.2 Å². The summed E-state index contributed by atoms with van der Waals surface area (Å²) < 4.78 is 19.0. The first-order chi connectivity index (χ1) is 29.2. The maximum atomic E-state index is 5.56. The third-order valence-electron chi connectivity index (χ3n) is 11.8. The highest BCUT2D eigenvalue weighted by molar-refractivity contribution is 5.57. The van der Waals surface area contributed by atoms with Crippen LogP contribution in [0.4, 0.5) is 0 Å². The minimum Gasteiger partial charge on any atom is -0.479 e. The van der Waals surface area contributed by atoms with Gasteiger partial charge in [-0.2, -0.15) is 0 Å². The summed E-state index contributed by atoms with van der Waals surface area (Å²) in [6.45, 7) is 10.2. The number of rotatable bonds is 8. The van der Waals surface area contributed by atoms with E-state index in [0.29, 0.717) is 34.8 Å². The minimum atomic E-state index is -0.164. The molecule has 0 aliphatic carbocycles. The monoisotopic (exact) mass is 800 g/mol. The number of imidazole rings is 2. The van der Waals surface area contributed by atoms with E-state index in [9.17, 15) is 0 Å². The summed E-state index contributed by atoms with van der Waals surface area (Å²) in [6.07, 6.45) is 11.6. The van der Waals surface area contributed by atoms with Gasteiger partial charge in [-0.3, -0.25) is 0 Å². The largest absolute Gasteiger partial charge is 0.479 e. The Morgan fingerprint density at radius 3 is 1.32 bits per heavy atom. The van der Waals surface area contributed by atoms with Crippen LogP contribution < -0.4 is 9.47 Å². The number of ether oxygens (including phenoxy) is 2. The van der Waals surface area contributed by atoms with E-state index in [1.165, 1.54) is 11.1 Å². The smallest absolute Gasteiger partial charge is 0.238 e. The van der Waals surface area contributed by atoms with Gasteiger partial charge in [-0.05, 0) is 88.8 Å². The van der Waals surface area contributed by atoms with Crippen LogP contribution in [-0.4, -0.2) is 72.8 Å². The lowest BCUT2D eigenvalue weighted by Crippen LogP contribution is -2.32. The van der Waals surface area contributed by atoms with Gasteiger partial charge in [0.2, 0.25) is 11.8 Å². The standard InChI is InChI=1S/2C23H24N6O/c2*1-16-14-28(15-24-16)19-11-10-18(25-21(19)30-3)20-26-22-23(2,12-7-13-29(22)27-20)17-8-5-4-6-9-17/h2*4-6,8-11,14-15H,7,12-13H2,1-3H3/t2*23-/m10/s1. The second-order valence-corrected chi connectivity index (χ2v) is 15.9. The minimum absolute atomic E-state index is 0.164. The van der Waals surface area contributed by atoms with Crippen molar-refractivity contribution < 1.29 is 9.47 Å². The van der Waals surface area contributed by atoms with Gasteiger partial charge in [0.05, 0.1) is 49.1 Å². The van der Waals surface area contributed by atoms with E-state index in [0.717, 1.165) is 73.2 Å². The molecule has 0 saturated carbocycles. The van der Waals surface area contributed by atoms with Crippen LogP contribution in [-0.2, 0) is 23.9 Å². The van der Waals surface area contributed by atoms with Crippen LogP contribution in [0.15, 0.2) is 110 Å². The number of hydrogen-bond acceptors (Lipinski definition) is 10. The van der Waals surface area contributed by atoms with Crippen LogP contribution in [0.3, 0.4) is 0 Å². The lowest BCUT2D eigenvalue weighted by atomic mass is 9.76. The van der Waals surface area contributed by atoms with E-state index in [1.807, 2.05) is 81.1 Å². The van der Waals surface area contributed by atoms with Crippen molar-refractivity contribution in [1.29, 1.82) is 0 Å². The number of methoxy groups -OCH3 is 2. The van der Waals surface area contributed by atoms with Crippen molar-refractivity contribution in [2.24, 2.45) is 0 Å². The number of aromatic nitrogens is 12. The molecule has 10 rings (SSSR count). The molecular weight excluding hydrogens is 753 g/mol. The Bertz CT molecular complexity index is 2580. The highest BCUT2D eigenvalue weighted by atomic mass is 16.5. The summed E-state index contributed by atoms with van der Waals surface area (Å²) in [5.74, 6) is 4.27. The quantitative estimate of drug-likeness (QED) is 0.149. The van der Waals surface area contributed by atoms with E-state index < -0.39 is 0 Å². The van der Waals surface area contributed by atoms with Gasteiger partial charge in [0, 0.05) is 25.5 Å². The first kappa shape index (κ1) is 38.6. The van der Waals surface area contributed by atoms with Crippen LogP contribution in [0, 0.1) is 13.8 Å². The number of fused-ring (bicyclic) bond motifs is 2. The molecule has 0 amide bonds. The number of benzene rings is 2. The molecule has 14 heteroatoms. The number of pyridine rings is 2. The fourth-order valence-corrected chi connectivity index (χ4v) is 8.49. The number of aryl methyl sites for hydroxylation is 4. The Morgan fingerprint density at radius 2 is 0.950 bits per heavy atom. The Kier molecular flexibility index (Phi) is 10.1. The Balaban J connectivity index is 0.000000154. The van der Waals surface area contributed by atoms with E-state index in [2.05, 4.69) is 72.3 Å². The van der Waals surface area contributed by atoms with Gasteiger partial charge in [0.25, 0.3) is 0 Å². The number of hydrogen-bond donors (Lipinski definition) is 0. The lowest BCUT2D eigenvalue weighted by Gasteiger charge is -2.33. The molecule has 6 aromatic heterocycles. The molecule has 2 aromatic carbocycles. The molecule has 0 bridgehead atoms. The van der Waals surface area contributed by atoms with Gasteiger partial charge in [-0.1, -0.05) is 60.7 Å². The highest BCUT2D eigenvalue weighted by Crippen LogP contribution is 2.41. The first-order valence-electron chi connectivity index (χ1n) is 20.3. The molecule has 60 heavy (non-hydrogen) atoms. The average Bonchev–Trinajstić information content (AvgIpc) is 4.12. The molecule has 0 radical (unpaired) electrons. The first-order valence-corrected chi connectivity index (χ1v) is 20.3. The molecule has 0 spiro atoms. The molecular formula is C46H48N12O2. The van der Waals surface area contributed by atoms with Crippen LogP contribution in [0.2, 0.25) is 0 Å². The van der Waals surface area contributed by atoms with Crippen LogP contribution in [0.1, 0.15) is 73.7 Å². The molecule has 0 fully saturated rings. The lowest BCUT2D eigenvalue weighted by molar-refractivity contribution is 0.357. The third kappa shape index (κ3) is 7.01. The molecule has 2 aliphatic rings.